The third-order valence-corrected chi connectivity index (χ3v) is 2.84. The van der Waals surface area contributed by atoms with Gasteiger partial charge in [-0.15, -0.1) is 0 Å². The molecular weight excluding hydrogens is 230 g/mol. The molecule has 0 spiro atoms. The highest BCUT2D eigenvalue weighted by Gasteiger charge is 2.19. The van der Waals surface area contributed by atoms with Gasteiger partial charge in [0.15, 0.2) is 0 Å². The van der Waals surface area contributed by atoms with Crippen LogP contribution in [0.5, 0.6) is 0 Å². The lowest BCUT2D eigenvalue weighted by Gasteiger charge is -2.21. The molecule has 0 fully saturated rings. The molecule has 0 aliphatic rings. The average molecular weight is 249 g/mol. The summed E-state index contributed by atoms with van der Waals surface area (Å²) in [7, 11) is 0. The van der Waals surface area contributed by atoms with E-state index in [4.69, 9.17) is 5.11 Å². The average Bonchev–Trinajstić information content (AvgIpc) is 2.39. The molecule has 0 heterocycles. The maximum Gasteiger partial charge on any atom is 0.336 e. The predicted molar refractivity (Wildman–Crippen MR) is 69.9 cm³/mol. The Morgan fingerprint density at radius 1 is 1.17 bits per heavy atom. The summed E-state index contributed by atoms with van der Waals surface area (Å²) in [6, 6.07) is 6.35. The number of carboxylic acid groups (broad SMARTS) is 1. The van der Waals surface area contributed by atoms with E-state index < -0.39 is 5.97 Å². The number of hydrogen-bond donors (Lipinski definition) is 1. The molecule has 1 N–H and O–H groups in total. The largest absolute Gasteiger partial charge is 0.478 e. The van der Waals surface area contributed by atoms with Crippen LogP contribution in [0.3, 0.4) is 0 Å². The van der Waals surface area contributed by atoms with Crippen molar-refractivity contribution in [2.45, 2.75) is 26.7 Å². The molecule has 0 radical (unpaired) electrons. The maximum atomic E-state index is 12.3. The molecule has 0 bridgehead atoms. The first-order chi connectivity index (χ1) is 8.61. The first-order valence-corrected chi connectivity index (χ1v) is 6.23. The summed E-state index contributed by atoms with van der Waals surface area (Å²) in [4.78, 5) is 25.0. The fourth-order valence-electron chi connectivity index (χ4n) is 1.78. The number of benzene rings is 1. The number of rotatable bonds is 6. The number of aromatic carboxylic acids is 1. The zero-order valence-electron chi connectivity index (χ0n) is 10.8. The first kappa shape index (κ1) is 14.2. The van der Waals surface area contributed by atoms with Gasteiger partial charge < -0.3 is 10.0 Å². The SMILES string of the molecule is CCCCN(CC)C(=O)c1ccccc1C(=O)O. The molecule has 98 valence electrons. The van der Waals surface area contributed by atoms with E-state index in [1.54, 1.807) is 23.1 Å². The molecule has 0 aliphatic heterocycles. The Labute approximate surface area is 107 Å². The van der Waals surface area contributed by atoms with Crippen LogP contribution in [0, 0.1) is 0 Å². The molecule has 0 saturated carbocycles. The molecule has 0 atom stereocenters. The molecule has 0 aliphatic carbocycles. The molecule has 18 heavy (non-hydrogen) atoms. The van der Waals surface area contributed by atoms with E-state index in [2.05, 4.69) is 6.92 Å². The summed E-state index contributed by atoms with van der Waals surface area (Å²) in [6.07, 6.45) is 1.93. The van der Waals surface area contributed by atoms with Gasteiger partial charge in [-0.3, -0.25) is 4.79 Å². The number of hydrogen-bond acceptors (Lipinski definition) is 2. The summed E-state index contributed by atoms with van der Waals surface area (Å²) in [5.74, 6) is -1.27. The Hall–Kier alpha value is -1.84. The minimum atomic E-state index is -1.06. The number of carbonyl (C=O) groups excluding carboxylic acids is 1. The zero-order valence-corrected chi connectivity index (χ0v) is 10.8. The molecule has 0 aromatic heterocycles. The summed E-state index contributed by atoms with van der Waals surface area (Å²) < 4.78 is 0. The van der Waals surface area contributed by atoms with Crippen LogP contribution < -0.4 is 0 Å². The highest BCUT2D eigenvalue weighted by molar-refractivity contribution is 6.04. The molecule has 0 saturated heterocycles. The molecule has 4 heteroatoms. The van der Waals surface area contributed by atoms with E-state index in [1.165, 1.54) is 6.07 Å². The van der Waals surface area contributed by atoms with Crippen LogP contribution in [-0.4, -0.2) is 35.0 Å². The third-order valence-electron chi connectivity index (χ3n) is 2.84. The van der Waals surface area contributed by atoms with Crippen molar-refractivity contribution in [1.29, 1.82) is 0 Å². The van der Waals surface area contributed by atoms with Gasteiger partial charge in [-0.25, -0.2) is 4.79 Å². The molecule has 1 amide bonds. The maximum absolute atomic E-state index is 12.3. The Kier molecular flexibility index (Phi) is 5.36. The lowest BCUT2D eigenvalue weighted by Crippen LogP contribution is -2.32. The topological polar surface area (TPSA) is 57.6 Å². The summed E-state index contributed by atoms with van der Waals surface area (Å²) in [5.41, 5.74) is 0.334. The second-order valence-corrected chi connectivity index (χ2v) is 4.09. The minimum absolute atomic E-state index is 0.0671. The molecule has 1 aromatic carbocycles. The lowest BCUT2D eigenvalue weighted by molar-refractivity contribution is 0.0676. The van der Waals surface area contributed by atoms with Crippen molar-refractivity contribution in [2.75, 3.05) is 13.1 Å². The van der Waals surface area contributed by atoms with Gasteiger partial charge in [0.05, 0.1) is 11.1 Å². The highest BCUT2D eigenvalue weighted by Crippen LogP contribution is 2.12. The minimum Gasteiger partial charge on any atom is -0.478 e. The molecule has 4 nitrogen and oxygen atoms in total. The highest BCUT2D eigenvalue weighted by atomic mass is 16.4. The van der Waals surface area contributed by atoms with Gasteiger partial charge in [-0.2, -0.15) is 0 Å². The second-order valence-electron chi connectivity index (χ2n) is 4.09. The van der Waals surface area contributed by atoms with Crippen LogP contribution in [0.25, 0.3) is 0 Å². The second kappa shape index (κ2) is 6.79. The molecule has 1 rings (SSSR count). The quantitative estimate of drug-likeness (QED) is 0.843. The number of amides is 1. The fourth-order valence-corrected chi connectivity index (χ4v) is 1.78. The number of nitrogens with zero attached hydrogens (tertiary/aromatic N) is 1. The van der Waals surface area contributed by atoms with Crippen molar-refractivity contribution < 1.29 is 14.7 Å². The van der Waals surface area contributed by atoms with Crippen molar-refractivity contribution in [3.8, 4) is 0 Å². The van der Waals surface area contributed by atoms with E-state index >= 15 is 0 Å². The predicted octanol–water partition coefficient (Wildman–Crippen LogP) is 2.65. The summed E-state index contributed by atoms with van der Waals surface area (Å²) >= 11 is 0. The lowest BCUT2D eigenvalue weighted by atomic mass is 10.1. The van der Waals surface area contributed by atoms with Crippen LogP contribution in [-0.2, 0) is 0 Å². The van der Waals surface area contributed by atoms with Gasteiger partial charge in [0.1, 0.15) is 0 Å². The zero-order chi connectivity index (χ0) is 13.5. The molecular formula is C14H19NO3. The van der Waals surface area contributed by atoms with Crippen molar-refractivity contribution >= 4 is 11.9 Å². The monoisotopic (exact) mass is 249 g/mol. The van der Waals surface area contributed by atoms with Crippen molar-refractivity contribution in [1.82, 2.24) is 4.90 Å². The van der Waals surface area contributed by atoms with E-state index in [1.807, 2.05) is 6.92 Å². The van der Waals surface area contributed by atoms with Crippen molar-refractivity contribution in [3.63, 3.8) is 0 Å². The number of unbranched alkanes of at least 4 members (excludes halogenated alkanes) is 1. The van der Waals surface area contributed by atoms with E-state index in [0.717, 1.165) is 12.8 Å². The van der Waals surface area contributed by atoms with Gasteiger partial charge in [-0.1, -0.05) is 25.5 Å². The Balaban J connectivity index is 2.98. The summed E-state index contributed by atoms with van der Waals surface area (Å²) in [5, 5.41) is 9.07. The first-order valence-electron chi connectivity index (χ1n) is 6.23. The smallest absolute Gasteiger partial charge is 0.336 e. The van der Waals surface area contributed by atoms with Crippen LogP contribution in [0.1, 0.15) is 47.4 Å². The van der Waals surface area contributed by atoms with Crippen LogP contribution in [0.4, 0.5) is 0 Å². The van der Waals surface area contributed by atoms with Crippen molar-refractivity contribution in [2.24, 2.45) is 0 Å². The van der Waals surface area contributed by atoms with E-state index in [-0.39, 0.29) is 17.0 Å². The Bertz CT molecular complexity index is 429. The number of carboxylic acids is 1. The van der Waals surface area contributed by atoms with Crippen LogP contribution in [0.2, 0.25) is 0 Å². The van der Waals surface area contributed by atoms with E-state index in [0.29, 0.717) is 13.1 Å². The standard InChI is InChI=1S/C14H19NO3/c1-3-5-10-15(4-2)13(16)11-8-6-7-9-12(11)14(17)18/h6-9H,3-5,10H2,1-2H3,(H,17,18). The Morgan fingerprint density at radius 3 is 2.28 bits per heavy atom. The van der Waals surface area contributed by atoms with Gasteiger partial charge in [0.2, 0.25) is 0 Å². The van der Waals surface area contributed by atoms with Crippen molar-refractivity contribution in [3.05, 3.63) is 35.4 Å². The molecule has 1 aromatic rings. The van der Waals surface area contributed by atoms with Gasteiger partial charge in [0, 0.05) is 13.1 Å². The van der Waals surface area contributed by atoms with E-state index in [9.17, 15) is 9.59 Å². The summed E-state index contributed by atoms with van der Waals surface area (Å²) in [6.45, 7) is 5.22. The number of carbonyl (C=O) groups is 2. The van der Waals surface area contributed by atoms with Gasteiger partial charge in [-0.05, 0) is 25.5 Å². The fraction of sp³-hybridized carbons (Fsp3) is 0.429. The van der Waals surface area contributed by atoms with Crippen LogP contribution >= 0.6 is 0 Å². The van der Waals surface area contributed by atoms with Gasteiger partial charge >= 0.3 is 5.97 Å². The normalized spacial score (nSPS) is 10.1. The van der Waals surface area contributed by atoms with Gasteiger partial charge in [0.25, 0.3) is 5.91 Å². The molecule has 0 unspecified atom stereocenters. The third kappa shape index (κ3) is 3.32. The Morgan fingerprint density at radius 2 is 1.78 bits per heavy atom. The van der Waals surface area contributed by atoms with Crippen LogP contribution in [0.15, 0.2) is 24.3 Å².